The number of hydrogen-bond donors (Lipinski definition) is 1. The van der Waals surface area contributed by atoms with Gasteiger partial charge in [0.05, 0.1) is 6.42 Å². The minimum absolute atomic E-state index is 0.0149. The quantitative estimate of drug-likeness (QED) is 0.708. The molecule has 5 heteroatoms. The van der Waals surface area contributed by atoms with Crippen molar-refractivity contribution in [3.8, 4) is 0 Å². The molecule has 0 bridgehead atoms. The van der Waals surface area contributed by atoms with E-state index < -0.39 is 6.04 Å². The number of hydrogen-bond acceptors (Lipinski definition) is 2. The molecule has 0 aliphatic heterocycles. The smallest absolute Gasteiger partial charge is 0.243 e. The fraction of sp³-hybridized carbons (Fsp3) is 0.391. The van der Waals surface area contributed by atoms with Gasteiger partial charge in [-0.3, -0.25) is 9.59 Å². The van der Waals surface area contributed by atoms with Crippen molar-refractivity contribution in [2.75, 3.05) is 0 Å². The molecule has 0 heterocycles. The van der Waals surface area contributed by atoms with Gasteiger partial charge in [0.25, 0.3) is 0 Å². The van der Waals surface area contributed by atoms with Crippen molar-refractivity contribution in [1.29, 1.82) is 0 Å². The van der Waals surface area contributed by atoms with Gasteiger partial charge in [-0.25, -0.2) is 0 Å². The van der Waals surface area contributed by atoms with Crippen LogP contribution in [0.2, 0.25) is 5.02 Å². The summed E-state index contributed by atoms with van der Waals surface area (Å²) in [5.41, 5.74) is 2.89. The summed E-state index contributed by atoms with van der Waals surface area (Å²) in [6.07, 6.45) is 0.704. The van der Waals surface area contributed by atoms with Crippen LogP contribution in [0.5, 0.6) is 0 Å². The second kappa shape index (κ2) is 10.3. The Hall–Kier alpha value is -2.33. The molecule has 28 heavy (non-hydrogen) atoms. The van der Waals surface area contributed by atoms with Gasteiger partial charge in [-0.15, -0.1) is 0 Å². The zero-order valence-corrected chi connectivity index (χ0v) is 17.8. The zero-order valence-electron chi connectivity index (χ0n) is 17.0. The number of benzene rings is 2. The molecule has 0 saturated heterocycles. The second-order valence-electron chi connectivity index (χ2n) is 7.37. The molecule has 1 N–H and O–H groups in total. The van der Waals surface area contributed by atoms with E-state index in [1.165, 1.54) is 0 Å². The molecule has 0 saturated carbocycles. The minimum atomic E-state index is -0.530. The maximum atomic E-state index is 13.2. The van der Waals surface area contributed by atoms with E-state index in [1.54, 1.807) is 11.0 Å². The van der Waals surface area contributed by atoms with E-state index in [9.17, 15) is 9.59 Å². The molecule has 4 nitrogen and oxygen atoms in total. The summed E-state index contributed by atoms with van der Waals surface area (Å²) < 4.78 is 0. The highest BCUT2D eigenvalue weighted by Crippen LogP contribution is 2.19. The standard InChI is InChI=1S/C23H29ClN2O2/c1-5-21(23(28)25-16(2)3)26(15-18-10-8-9-17(4)13-18)22(27)14-19-11-6-7-12-20(19)24/h6-13,16,21H,5,14-15H2,1-4H3,(H,25,28)/t21-/m0/s1. The van der Waals surface area contributed by atoms with Crippen LogP contribution in [0.15, 0.2) is 48.5 Å². The normalized spacial score (nSPS) is 11.9. The van der Waals surface area contributed by atoms with Gasteiger partial charge in [-0.2, -0.15) is 0 Å². The number of nitrogens with zero attached hydrogens (tertiary/aromatic N) is 1. The van der Waals surface area contributed by atoms with Crippen molar-refractivity contribution in [1.82, 2.24) is 10.2 Å². The van der Waals surface area contributed by atoms with E-state index in [1.807, 2.05) is 70.2 Å². The fourth-order valence-electron chi connectivity index (χ4n) is 3.21. The third-order valence-corrected chi connectivity index (χ3v) is 4.92. The fourth-order valence-corrected chi connectivity index (χ4v) is 3.42. The molecule has 2 rings (SSSR count). The van der Waals surface area contributed by atoms with E-state index in [4.69, 9.17) is 11.6 Å². The lowest BCUT2D eigenvalue weighted by molar-refractivity contribution is -0.141. The largest absolute Gasteiger partial charge is 0.352 e. The third kappa shape index (κ3) is 6.10. The third-order valence-electron chi connectivity index (χ3n) is 4.55. The molecule has 1 atom stereocenters. The number of aryl methyl sites for hydroxylation is 1. The van der Waals surface area contributed by atoms with E-state index in [0.717, 1.165) is 16.7 Å². The highest BCUT2D eigenvalue weighted by atomic mass is 35.5. The van der Waals surface area contributed by atoms with Crippen molar-refractivity contribution < 1.29 is 9.59 Å². The van der Waals surface area contributed by atoms with Gasteiger partial charge < -0.3 is 10.2 Å². The lowest BCUT2D eigenvalue weighted by Crippen LogP contribution is -2.50. The van der Waals surface area contributed by atoms with E-state index in [-0.39, 0.29) is 24.3 Å². The molecular formula is C23H29ClN2O2. The molecule has 0 aromatic heterocycles. The Morgan fingerprint density at radius 2 is 1.82 bits per heavy atom. The summed E-state index contributed by atoms with van der Waals surface area (Å²) in [5.74, 6) is -0.238. The van der Waals surface area contributed by atoms with Crippen LogP contribution in [-0.2, 0) is 22.6 Å². The second-order valence-corrected chi connectivity index (χ2v) is 7.77. The SMILES string of the molecule is CC[C@@H](C(=O)NC(C)C)N(Cc1cccc(C)c1)C(=O)Cc1ccccc1Cl. The summed E-state index contributed by atoms with van der Waals surface area (Å²) in [6, 6.07) is 14.8. The summed E-state index contributed by atoms with van der Waals surface area (Å²) in [7, 11) is 0. The van der Waals surface area contributed by atoms with Crippen LogP contribution in [-0.4, -0.2) is 28.8 Å². The summed E-state index contributed by atoms with van der Waals surface area (Å²) >= 11 is 6.25. The first-order chi connectivity index (χ1) is 13.3. The Labute approximate surface area is 172 Å². The van der Waals surface area contributed by atoms with Crippen molar-refractivity contribution in [3.05, 3.63) is 70.2 Å². The maximum Gasteiger partial charge on any atom is 0.243 e. The Bertz CT molecular complexity index is 820. The first-order valence-corrected chi connectivity index (χ1v) is 10.1. The highest BCUT2D eigenvalue weighted by Gasteiger charge is 2.29. The Balaban J connectivity index is 2.32. The topological polar surface area (TPSA) is 49.4 Å². The average molecular weight is 401 g/mol. The Morgan fingerprint density at radius 1 is 1.11 bits per heavy atom. The van der Waals surface area contributed by atoms with Crippen LogP contribution in [0.3, 0.4) is 0 Å². The van der Waals surface area contributed by atoms with Gasteiger partial charge in [-0.05, 0) is 44.4 Å². The van der Waals surface area contributed by atoms with Crippen LogP contribution >= 0.6 is 11.6 Å². The molecule has 0 unspecified atom stereocenters. The molecule has 0 spiro atoms. The molecule has 0 fully saturated rings. The van der Waals surface area contributed by atoms with Crippen LogP contribution in [0.25, 0.3) is 0 Å². The predicted molar refractivity (Wildman–Crippen MR) is 114 cm³/mol. The predicted octanol–water partition coefficient (Wildman–Crippen LogP) is 4.52. The molecule has 150 valence electrons. The van der Waals surface area contributed by atoms with Gasteiger partial charge in [-0.1, -0.05) is 66.6 Å². The number of carbonyl (C=O) groups excluding carboxylic acids is 2. The van der Waals surface area contributed by atoms with Crippen molar-refractivity contribution >= 4 is 23.4 Å². The van der Waals surface area contributed by atoms with Crippen molar-refractivity contribution in [3.63, 3.8) is 0 Å². The number of carbonyl (C=O) groups is 2. The lowest BCUT2D eigenvalue weighted by atomic mass is 10.1. The van der Waals surface area contributed by atoms with E-state index >= 15 is 0 Å². The van der Waals surface area contributed by atoms with Crippen LogP contribution in [0.1, 0.15) is 43.9 Å². The van der Waals surface area contributed by atoms with Gasteiger partial charge in [0.2, 0.25) is 11.8 Å². The van der Waals surface area contributed by atoms with Gasteiger partial charge in [0.15, 0.2) is 0 Å². The number of amides is 2. The minimum Gasteiger partial charge on any atom is -0.352 e. The monoisotopic (exact) mass is 400 g/mol. The van der Waals surface area contributed by atoms with Crippen LogP contribution in [0, 0.1) is 6.92 Å². The number of halogens is 1. The number of nitrogens with one attached hydrogen (secondary N) is 1. The molecule has 2 aromatic carbocycles. The Kier molecular flexibility index (Phi) is 8.06. The zero-order chi connectivity index (χ0) is 20.7. The average Bonchev–Trinajstić information content (AvgIpc) is 2.63. The lowest BCUT2D eigenvalue weighted by Gasteiger charge is -2.31. The van der Waals surface area contributed by atoms with Crippen LogP contribution in [0.4, 0.5) is 0 Å². The summed E-state index contributed by atoms with van der Waals surface area (Å²) in [6.45, 7) is 8.16. The molecule has 2 aromatic rings. The Morgan fingerprint density at radius 3 is 2.43 bits per heavy atom. The van der Waals surface area contributed by atoms with Crippen LogP contribution < -0.4 is 5.32 Å². The van der Waals surface area contributed by atoms with Crippen molar-refractivity contribution in [2.45, 2.75) is 59.2 Å². The number of rotatable bonds is 8. The molecule has 0 aliphatic rings. The van der Waals surface area contributed by atoms with E-state index in [0.29, 0.717) is 18.0 Å². The summed E-state index contributed by atoms with van der Waals surface area (Å²) in [5, 5.41) is 3.50. The summed E-state index contributed by atoms with van der Waals surface area (Å²) in [4.78, 5) is 27.7. The first-order valence-electron chi connectivity index (χ1n) is 9.70. The van der Waals surface area contributed by atoms with Gasteiger partial charge in [0.1, 0.15) is 6.04 Å². The first kappa shape index (κ1) is 22.0. The van der Waals surface area contributed by atoms with Crippen molar-refractivity contribution in [2.24, 2.45) is 0 Å². The van der Waals surface area contributed by atoms with Gasteiger partial charge >= 0.3 is 0 Å². The highest BCUT2D eigenvalue weighted by molar-refractivity contribution is 6.31. The molecule has 2 amide bonds. The van der Waals surface area contributed by atoms with E-state index in [2.05, 4.69) is 5.32 Å². The van der Waals surface area contributed by atoms with Gasteiger partial charge in [0, 0.05) is 17.6 Å². The molecular weight excluding hydrogens is 372 g/mol. The molecule has 0 radical (unpaired) electrons. The molecule has 0 aliphatic carbocycles. The maximum absolute atomic E-state index is 13.2.